The van der Waals surface area contributed by atoms with Crippen LogP contribution in [0.5, 0.6) is 0 Å². The molecule has 1 aromatic carbocycles. The van der Waals surface area contributed by atoms with E-state index in [1.54, 1.807) is 43.9 Å². The van der Waals surface area contributed by atoms with Gasteiger partial charge in [-0.25, -0.2) is 9.18 Å². The lowest BCUT2D eigenvalue weighted by atomic mass is 9.95. The first kappa shape index (κ1) is 18.4. The Morgan fingerprint density at radius 2 is 2.04 bits per heavy atom. The second-order valence-electron chi connectivity index (χ2n) is 8.34. The summed E-state index contributed by atoms with van der Waals surface area (Å²) in [5.41, 5.74) is -0.295. The highest BCUT2D eigenvalue weighted by Crippen LogP contribution is 2.59. The Balaban J connectivity index is 1.79. The molecule has 2 aliphatic rings. The minimum atomic E-state index is -0.616. The lowest BCUT2D eigenvalue weighted by Crippen LogP contribution is -2.46. The monoisotopic (exact) mass is 411 g/mol. The number of piperidine rings is 1. The van der Waals surface area contributed by atoms with Crippen LogP contribution in [0, 0.1) is 11.2 Å². The summed E-state index contributed by atoms with van der Waals surface area (Å²) in [6.07, 6.45) is 1.02. The largest absolute Gasteiger partial charge is 0.444 e. The van der Waals surface area contributed by atoms with E-state index in [4.69, 9.17) is 4.74 Å². The van der Waals surface area contributed by atoms with Gasteiger partial charge in [0, 0.05) is 12.5 Å². The first-order chi connectivity index (χ1) is 11.5. The molecule has 4 nitrogen and oxygen atoms in total. The summed E-state index contributed by atoms with van der Waals surface area (Å²) in [4.78, 5) is 27.0. The van der Waals surface area contributed by atoms with Crippen molar-refractivity contribution in [1.29, 1.82) is 0 Å². The molecule has 2 fully saturated rings. The maximum atomic E-state index is 14.2. The van der Waals surface area contributed by atoms with Crippen LogP contribution < -0.4 is 0 Å². The molecule has 3 atom stereocenters. The summed E-state index contributed by atoms with van der Waals surface area (Å²) < 4.78 is 20.0. The first-order valence-electron chi connectivity index (χ1n) is 8.49. The number of Topliss-reactive ketones (excluding diaryl/α,β-unsaturated/α-hetero) is 1. The van der Waals surface area contributed by atoms with Gasteiger partial charge in [0.15, 0.2) is 5.78 Å². The van der Waals surface area contributed by atoms with Gasteiger partial charge in [0.05, 0.1) is 10.5 Å². The Labute approximate surface area is 155 Å². The summed E-state index contributed by atoms with van der Waals surface area (Å²) in [6.45, 7) is 7.50. The molecule has 0 radical (unpaired) electrons. The lowest BCUT2D eigenvalue weighted by molar-refractivity contribution is -0.123. The molecular weight excluding hydrogens is 389 g/mol. The molecule has 0 spiro atoms. The number of hydrogen-bond donors (Lipinski definition) is 0. The molecule has 136 valence electrons. The van der Waals surface area contributed by atoms with Gasteiger partial charge in [-0.15, -0.1) is 0 Å². The Bertz CT molecular complexity index is 730. The SMILES string of the molecule is CC(C)(C)OC(=O)N1[C@H](C(=O)Cc2cccc(Br)c2F)C[C@@]2(C)C[C@@H]12. The number of halogens is 2. The number of ketones is 1. The van der Waals surface area contributed by atoms with Crippen molar-refractivity contribution in [3.05, 3.63) is 34.1 Å². The Morgan fingerprint density at radius 3 is 2.68 bits per heavy atom. The molecule has 1 amide bonds. The second-order valence-corrected chi connectivity index (χ2v) is 9.19. The van der Waals surface area contributed by atoms with Crippen LogP contribution >= 0.6 is 15.9 Å². The minimum absolute atomic E-state index is 0.0208. The van der Waals surface area contributed by atoms with Gasteiger partial charge in [0.1, 0.15) is 11.4 Å². The van der Waals surface area contributed by atoms with Crippen molar-refractivity contribution >= 4 is 27.8 Å². The molecular formula is C19H23BrFNO3. The van der Waals surface area contributed by atoms with Crippen molar-refractivity contribution in [1.82, 2.24) is 4.90 Å². The van der Waals surface area contributed by atoms with Crippen molar-refractivity contribution in [2.45, 2.75) is 64.6 Å². The number of carbonyl (C=O) groups excluding carboxylic acids is 2. The molecule has 0 aromatic heterocycles. The third-order valence-electron chi connectivity index (χ3n) is 5.01. The molecule has 1 aliphatic heterocycles. The van der Waals surface area contributed by atoms with Gasteiger partial charge in [0.25, 0.3) is 0 Å². The number of amides is 1. The normalized spacial score (nSPS) is 27.8. The highest BCUT2D eigenvalue weighted by molar-refractivity contribution is 9.10. The lowest BCUT2D eigenvalue weighted by Gasteiger charge is -2.30. The number of nitrogens with zero attached hydrogens (tertiary/aromatic N) is 1. The van der Waals surface area contributed by atoms with E-state index in [2.05, 4.69) is 22.9 Å². The summed E-state index contributed by atoms with van der Waals surface area (Å²) in [7, 11) is 0. The van der Waals surface area contributed by atoms with E-state index >= 15 is 0 Å². The Morgan fingerprint density at radius 1 is 1.36 bits per heavy atom. The molecule has 0 unspecified atom stereocenters. The number of hydrogen-bond acceptors (Lipinski definition) is 3. The number of likely N-dealkylation sites (tertiary alicyclic amines) is 1. The molecule has 0 bridgehead atoms. The average molecular weight is 412 g/mol. The molecule has 3 rings (SSSR count). The fourth-order valence-corrected chi connectivity index (χ4v) is 4.03. The zero-order valence-electron chi connectivity index (χ0n) is 14.9. The molecule has 1 saturated carbocycles. The fraction of sp³-hybridized carbons (Fsp3) is 0.579. The maximum Gasteiger partial charge on any atom is 0.411 e. The highest BCUT2D eigenvalue weighted by Gasteiger charge is 2.64. The fourth-order valence-electron chi connectivity index (χ4n) is 3.62. The molecule has 1 saturated heterocycles. The van der Waals surface area contributed by atoms with Crippen molar-refractivity contribution in [2.24, 2.45) is 5.41 Å². The highest BCUT2D eigenvalue weighted by atomic mass is 79.9. The van der Waals surface area contributed by atoms with Crippen LogP contribution in [0.25, 0.3) is 0 Å². The standard InChI is InChI=1S/C19H23BrFNO3/c1-18(2,3)25-17(24)22-13(9-19(4)10-15(19)22)14(23)8-11-6-5-7-12(20)16(11)21/h5-7,13,15H,8-10H2,1-4H3/t13-,15+,19-/m0/s1. The van der Waals surface area contributed by atoms with Gasteiger partial charge in [0.2, 0.25) is 0 Å². The molecule has 1 aromatic rings. The van der Waals surface area contributed by atoms with Crippen LogP contribution in [-0.4, -0.2) is 34.5 Å². The quantitative estimate of drug-likeness (QED) is 0.735. The van der Waals surface area contributed by atoms with Crippen LogP contribution in [0.15, 0.2) is 22.7 Å². The van der Waals surface area contributed by atoms with Gasteiger partial charge < -0.3 is 4.74 Å². The zero-order chi connectivity index (χ0) is 18.6. The van der Waals surface area contributed by atoms with E-state index in [0.29, 0.717) is 16.5 Å². The molecule has 25 heavy (non-hydrogen) atoms. The smallest absolute Gasteiger partial charge is 0.411 e. The number of benzene rings is 1. The van der Waals surface area contributed by atoms with Crippen LogP contribution in [0.1, 0.15) is 46.1 Å². The first-order valence-corrected chi connectivity index (χ1v) is 9.28. The van der Waals surface area contributed by atoms with E-state index in [9.17, 15) is 14.0 Å². The van der Waals surface area contributed by atoms with Crippen LogP contribution in [0.4, 0.5) is 9.18 Å². The summed E-state index contributed by atoms with van der Waals surface area (Å²) in [6, 6.07) is 4.41. The Kier molecular flexibility index (Phi) is 4.46. The summed E-state index contributed by atoms with van der Waals surface area (Å²) in [5, 5.41) is 0. The van der Waals surface area contributed by atoms with Crippen molar-refractivity contribution in [2.75, 3.05) is 0 Å². The van der Waals surface area contributed by atoms with Crippen LogP contribution in [0.2, 0.25) is 0 Å². The van der Waals surface area contributed by atoms with Gasteiger partial charge >= 0.3 is 6.09 Å². The van der Waals surface area contributed by atoms with Crippen LogP contribution in [0.3, 0.4) is 0 Å². The van der Waals surface area contributed by atoms with Gasteiger partial charge in [-0.2, -0.15) is 0 Å². The van der Waals surface area contributed by atoms with E-state index in [1.165, 1.54) is 0 Å². The third-order valence-corrected chi connectivity index (χ3v) is 5.62. The summed E-state index contributed by atoms with van der Waals surface area (Å²) in [5.74, 6) is -0.565. The number of ether oxygens (including phenoxy) is 1. The molecule has 0 N–H and O–H groups in total. The second kappa shape index (κ2) is 6.08. The van der Waals surface area contributed by atoms with Gasteiger partial charge in [-0.05, 0) is 66.6 Å². The predicted octanol–water partition coefficient (Wildman–Crippen LogP) is 4.49. The molecule has 1 heterocycles. The molecule has 6 heteroatoms. The van der Waals surface area contributed by atoms with Crippen molar-refractivity contribution < 1.29 is 18.7 Å². The third kappa shape index (κ3) is 3.59. The van der Waals surface area contributed by atoms with Crippen molar-refractivity contribution in [3.8, 4) is 0 Å². The topological polar surface area (TPSA) is 46.6 Å². The van der Waals surface area contributed by atoms with Crippen molar-refractivity contribution in [3.63, 3.8) is 0 Å². The van der Waals surface area contributed by atoms with E-state index in [1.807, 2.05) is 0 Å². The predicted molar refractivity (Wildman–Crippen MR) is 95.8 cm³/mol. The maximum absolute atomic E-state index is 14.2. The van der Waals surface area contributed by atoms with E-state index < -0.39 is 23.6 Å². The Hall–Kier alpha value is -1.43. The van der Waals surface area contributed by atoms with E-state index in [-0.39, 0.29) is 23.7 Å². The number of carbonyl (C=O) groups is 2. The van der Waals surface area contributed by atoms with Gasteiger partial charge in [-0.3, -0.25) is 9.69 Å². The summed E-state index contributed by atoms with van der Waals surface area (Å²) >= 11 is 3.14. The average Bonchev–Trinajstić information content (AvgIpc) is 3.03. The van der Waals surface area contributed by atoms with Crippen LogP contribution in [-0.2, 0) is 16.0 Å². The minimum Gasteiger partial charge on any atom is -0.444 e. The molecule has 1 aliphatic carbocycles. The number of rotatable bonds is 3. The zero-order valence-corrected chi connectivity index (χ0v) is 16.5. The number of fused-ring (bicyclic) bond motifs is 1. The van der Waals surface area contributed by atoms with Gasteiger partial charge in [-0.1, -0.05) is 19.1 Å². The van der Waals surface area contributed by atoms with E-state index in [0.717, 1.165) is 6.42 Å².